The van der Waals surface area contributed by atoms with Gasteiger partial charge in [-0.2, -0.15) is 13.2 Å². The van der Waals surface area contributed by atoms with Crippen molar-refractivity contribution in [3.63, 3.8) is 0 Å². The molecule has 2 aliphatic rings. The third-order valence-electron chi connectivity index (χ3n) is 8.38. The molecule has 2 heterocycles. The van der Waals surface area contributed by atoms with Crippen molar-refractivity contribution in [2.24, 2.45) is 5.92 Å². The molecule has 0 aromatic heterocycles. The van der Waals surface area contributed by atoms with Gasteiger partial charge in [0.15, 0.2) is 0 Å². The number of hydrogen-bond acceptors (Lipinski definition) is 6. The predicted octanol–water partition coefficient (Wildman–Crippen LogP) is 7.33. The second kappa shape index (κ2) is 13.9. The summed E-state index contributed by atoms with van der Waals surface area (Å²) in [6, 6.07) is 12.0. The van der Waals surface area contributed by atoms with Gasteiger partial charge in [-0.3, -0.25) is 19.8 Å². The highest BCUT2D eigenvalue weighted by Crippen LogP contribution is 2.39. The molecule has 0 amide bonds. The number of rotatable bonds is 9. The van der Waals surface area contributed by atoms with Gasteiger partial charge in [0, 0.05) is 69.6 Å². The van der Waals surface area contributed by atoms with Gasteiger partial charge in [-0.1, -0.05) is 40.3 Å². The summed E-state index contributed by atoms with van der Waals surface area (Å²) in [5.74, 6) is 0.461. The molecule has 0 unspecified atom stereocenters. The average molecular weight is 591 g/mol. The molecule has 0 aliphatic carbocycles. The average Bonchev–Trinajstić information content (AvgIpc) is 2.92. The lowest BCUT2D eigenvalue weighted by Crippen LogP contribution is -2.46. The number of benzene rings is 2. The van der Waals surface area contributed by atoms with E-state index in [-0.39, 0.29) is 24.5 Å². The molecule has 0 radical (unpaired) electrons. The number of ketones is 1. The molecule has 42 heavy (non-hydrogen) atoms. The zero-order valence-electron chi connectivity index (χ0n) is 24.3. The largest absolute Gasteiger partial charge is 0.423 e. The SMILES string of the molecule is C.CC(C)(C)c1ccc(N2CCN(CCCC(=O)CC3CCN(c4ccc([N+](=O)[O-])c(C(F)(F)F)c4)CC3)CC2)cc1. The minimum absolute atomic E-state index is 0. The molecular formula is C32H45F3N4O3. The van der Waals surface area contributed by atoms with E-state index in [9.17, 15) is 28.1 Å². The molecular weight excluding hydrogens is 545 g/mol. The summed E-state index contributed by atoms with van der Waals surface area (Å²) in [6.07, 6.45) is -1.49. The summed E-state index contributed by atoms with van der Waals surface area (Å²) in [5, 5.41) is 11.0. The second-order valence-corrected chi connectivity index (χ2v) is 12.4. The van der Waals surface area contributed by atoms with E-state index in [1.54, 1.807) is 0 Å². The molecule has 2 fully saturated rings. The Kier molecular flexibility index (Phi) is 11.0. The van der Waals surface area contributed by atoms with Gasteiger partial charge in [-0.15, -0.1) is 0 Å². The maximum Gasteiger partial charge on any atom is 0.423 e. The van der Waals surface area contributed by atoms with Crippen molar-refractivity contribution in [3.8, 4) is 0 Å². The Morgan fingerprint density at radius 1 is 0.905 bits per heavy atom. The lowest BCUT2D eigenvalue weighted by molar-refractivity contribution is -0.388. The monoisotopic (exact) mass is 590 g/mol. The normalized spacial score (nSPS) is 17.2. The second-order valence-electron chi connectivity index (χ2n) is 12.4. The molecule has 232 valence electrons. The van der Waals surface area contributed by atoms with E-state index in [1.165, 1.54) is 17.3 Å². The summed E-state index contributed by atoms with van der Waals surface area (Å²) >= 11 is 0. The summed E-state index contributed by atoms with van der Waals surface area (Å²) in [4.78, 5) is 29.3. The van der Waals surface area contributed by atoms with Crippen molar-refractivity contribution in [1.29, 1.82) is 0 Å². The van der Waals surface area contributed by atoms with Crippen molar-refractivity contribution < 1.29 is 22.9 Å². The summed E-state index contributed by atoms with van der Waals surface area (Å²) < 4.78 is 40.0. The quantitative estimate of drug-likeness (QED) is 0.225. The first kappa shape index (κ1) is 33.4. The molecule has 4 rings (SSSR count). The van der Waals surface area contributed by atoms with Crippen LogP contribution in [-0.2, 0) is 16.4 Å². The molecule has 0 bridgehead atoms. The third-order valence-corrected chi connectivity index (χ3v) is 8.38. The molecule has 7 nitrogen and oxygen atoms in total. The van der Waals surface area contributed by atoms with Crippen LogP contribution in [0.5, 0.6) is 0 Å². The number of piperidine rings is 1. The lowest BCUT2D eigenvalue weighted by atomic mass is 9.87. The Morgan fingerprint density at radius 3 is 2.02 bits per heavy atom. The van der Waals surface area contributed by atoms with Gasteiger partial charge < -0.3 is 9.80 Å². The predicted molar refractivity (Wildman–Crippen MR) is 162 cm³/mol. The number of nitro groups is 1. The molecule has 2 aromatic rings. The minimum Gasteiger partial charge on any atom is -0.371 e. The highest BCUT2D eigenvalue weighted by atomic mass is 19.4. The molecule has 0 N–H and O–H groups in total. The Morgan fingerprint density at radius 2 is 1.48 bits per heavy atom. The first-order chi connectivity index (χ1) is 19.3. The van der Waals surface area contributed by atoms with Gasteiger partial charge in [0.1, 0.15) is 11.3 Å². The number of alkyl halides is 3. The van der Waals surface area contributed by atoms with Crippen molar-refractivity contribution >= 4 is 22.8 Å². The van der Waals surface area contributed by atoms with Gasteiger partial charge in [0.2, 0.25) is 0 Å². The zero-order chi connectivity index (χ0) is 29.8. The molecule has 0 saturated carbocycles. The van der Waals surface area contributed by atoms with Crippen molar-refractivity contribution in [1.82, 2.24) is 4.90 Å². The highest BCUT2D eigenvalue weighted by Gasteiger charge is 2.39. The van der Waals surface area contributed by atoms with Crippen LogP contribution in [0.4, 0.5) is 30.2 Å². The van der Waals surface area contributed by atoms with Crippen LogP contribution in [0.25, 0.3) is 0 Å². The molecule has 0 spiro atoms. The topological polar surface area (TPSA) is 69.9 Å². The van der Waals surface area contributed by atoms with Gasteiger partial charge in [-0.25, -0.2) is 0 Å². The molecule has 2 aliphatic heterocycles. The number of piperazine rings is 1. The van der Waals surface area contributed by atoms with Crippen molar-refractivity contribution in [3.05, 3.63) is 63.7 Å². The zero-order valence-corrected chi connectivity index (χ0v) is 24.3. The van der Waals surface area contributed by atoms with Gasteiger partial charge in [-0.05, 0) is 67.0 Å². The van der Waals surface area contributed by atoms with Crippen LogP contribution in [0, 0.1) is 16.0 Å². The Bertz CT molecular complexity index is 1190. The maximum absolute atomic E-state index is 13.3. The van der Waals surface area contributed by atoms with Gasteiger partial charge >= 0.3 is 6.18 Å². The number of nitro benzene ring substituents is 1. The standard InChI is InChI=1S/C31H41F3N4O3.CH4/c1-30(2,3)24-6-8-25(9-7-24)37-19-17-35(18-20-37)14-4-5-27(39)21-23-12-15-36(16-13-23)26-10-11-29(38(40)41)28(22-26)31(32,33)34;/h6-11,22-23H,4-5,12-21H2,1-3H3;1H4. The van der Waals surface area contributed by atoms with Crippen LogP contribution < -0.4 is 9.80 Å². The van der Waals surface area contributed by atoms with E-state index in [0.29, 0.717) is 44.5 Å². The fraction of sp³-hybridized carbons (Fsp3) is 0.594. The minimum atomic E-state index is -4.80. The number of carbonyl (C=O) groups is 1. The van der Waals surface area contributed by atoms with Crippen LogP contribution >= 0.6 is 0 Å². The molecule has 0 atom stereocenters. The van der Waals surface area contributed by atoms with E-state index in [0.717, 1.165) is 51.3 Å². The lowest BCUT2D eigenvalue weighted by Gasteiger charge is -2.36. The summed E-state index contributed by atoms with van der Waals surface area (Å²) in [7, 11) is 0. The van der Waals surface area contributed by atoms with E-state index >= 15 is 0 Å². The van der Waals surface area contributed by atoms with Crippen molar-refractivity contribution in [2.45, 2.75) is 71.9 Å². The summed E-state index contributed by atoms with van der Waals surface area (Å²) in [6.45, 7) is 12.5. The fourth-order valence-electron chi connectivity index (χ4n) is 5.83. The first-order valence-electron chi connectivity index (χ1n) is 14.5. The van der Waals surface area contributed by atoms with E-state index in [1.807, 2.05) is 4.90 Å². The first-order valence-corrected chi connectivity index (χ1v) is 14.5. The molecule has 2 aromatic carbocycles. The number of Topliss-reactive ketones (excluding diaryl/α,β-unsaturated/α-hetero) is 1. The number of hydrogen-bond donors (Lipinski definition) is 0. The van der Waals surface area contributed by atoms with E-state index in [4.69, 9.17) is 0 Å². The number of halogens is 3. The molecule has 2 saturated heterocycles. The molecule has 10 heteroatoms. The smallest absolute Gasteiger partial charge is 0.371 e. The highest BCUT2D eigenvalue weighted by molar-refractivity contribution is 5.78. The van der Waals surface area contributed by atoms with Gasteiger partial charge in [0.05, 0.1) is 4.92 Å². The number of carbonyl (C=O) groups excluding carboxylic acids is 1. The Labute approximate surface area is 247 Å². The summed E-state index contributed by atoms with van der Waals surface area (Å²) in [5.41, 5.74) is 0.899. The Hall–Kier alpha value is -3.14. The fourth-order valence-corrected chi connectivity index (χ4v) is 5.83. The van der Waals surface area contributed by atoms with Crippen LogP contribution in [-0.4, -0.2) is 61.4 Å². The third kappa shape index (κ3) is 8.69. The number of nitrogens with zero attached hydrogens (tertiary/aromatic N) is 4. The van der Waals surface area contributed by atoms with Gasteiger partial charge in [0.25, 0.3) is 5.69 Å². The van der Waals surface area contributed by atoms with E-state index in [2.05, 4.69) is 54.8 Å². The van der Waals surface area contributed by atoms with E-state index < -0.39 is 22.4 Å². The van der Waals surface area contributed by atoms with Crippen LogP contribution in [0.1, 0.15) is 71.4 Å². The Balaban J connectivity index is 0.00000484. The van der Waals surface area contributed by atoms with Crippen LogP contribution in [0.15, 0.2) is 42.5 Å². The van der Waals surface area contributed by atoms with Crippen LogP contribution in [0.2, 0.25) is 0 Å². The van der Waals surface area contributed by atoms with Crippen LogP contribution in [0.3, 0.4) is 0 Å². The number of anilines is 2. The van der Waals surface area contributed by atoms with Crippen molar-refractivity contribution in [2.75, 3.05) is 55.6 Å². The maximum atomic E-state index is 13.3.